The molecule has 3 amide bonds. The maximum atomic E-state index is 11.8. The number of nitrogens with one attached hydrogen (secondary N) is 2. The van der Waals surface area contributed by atoms with Crippen LogP contribution in [0.4, 0.5) is 15.3 Å². The molecule has 2 rings (SSSR count). The first-order valence-corrected chi connectivity index (χ1v) is 7.83. The third-order valence-corrected chi connectivity index (χ3v) is 3.50. The van der Waals surface area contributed by atoms with Gasteiger partial charge in [0.25, 0.3) is 0 Å². The highest BCUT2D eigenvalue weighted by molar-refractivity contribution is 9.10. The fraction of sp³-hybridized carbons (Fsp3) is 0.467. The van der Waals surface area contributed by atoms with Gasteiger partial charge in [0, 0.05) is 23.2 Å². The lowest BCUT2D eigenvalue weighted by atomic mass is 10.1. The maximum Gasteiger partial charge on any atom is 0.410 e. The molecule has 7 heteroatoms. The van der Waals surface area contributed by atoms with E-state index in [4.69, 9.17) is 4.74 Å². The minimum absolute atomic E-state index is 0.0528. The van der Waals surface area contributed by atoms with Crippen molar-refractivity contribution in [2.45, 2.75) is 32.4 Å². The molecule has 1 aromatic carbocycles. The topological polar surface area (TPSA) is 70.7 Å². The van der Waals surface area contributed by atoms with Crippen LogP contribution in [0, 0.1) is 0 Å². The molecular formula is C15H20BrN3O3. The predicted molar refractivity (Wildman–Crippen MR) is 87.9 cm³/mol. The van der Waals surface area contributed by atoms with Crippen LogP contribution < -0.4 is 10.6 Å². The van der Waals surface area contributed by atoms with Gasteiger partial charge in [0.2, 0.25) is 0 Å². The molecule has 1 aromatic rings. The van der Waals surface area contributed by atoms with Crippen molar-refractivity contribution >= 4 is 33.7 Å². The number of carbonyl (C=O) groups is 2. The van der Waals surface area contributed by atoms with E-state index in [2.05, 4.69) is 26.6 Å². The third kappa shape index (κ3) is 4.91. The number of urea groups is 1. The SMILES string of the molecule is CC(C)(C)OC(=O)N1CC(NC(=O)Nc2ccc(Br)cc2)C1. The molecule has 2 N–H and O–H groups in total. The summed E-state index contributed by atoms with van der Waals surface area (Å²) in [6.45, 7) is 6.40. The first kappa shape index (κ1) is 16.6. The highest BCUT2D eigenvalue weighted by Gasteiger charge is 2.34. The van der Waals surface area contributed by atoms with Gasteiger partial charge in [-0.3, -0.25) is 0 Å². The van der Waals surface area contributed by atoms with Crippen LogP contribution in [0.25, 0.3) is 0 Å². The lowest BCUT2D eigenvalue weighted by molar-refractivity contribution is 0.00649. The summed E-state index contributed by atoms with van der Waals surface area (Å²) in [7, 11) is 0. The van der Waals surface area contributed by atoms with Crippen LogP contribution in [0.2, 0.25) is 0 Å². The molecule has 0 saturated carbocycles. The zero-order valence-electron chi connectivity index (χ0n) is 12.9. The Morgan fingerprint density at radius 3 is 2.36 bits per heavy atom. The minimum atomic E-state index is -0.505. The van der Waals surface area contributed by atoms with Crippen LogP contribution in [-0.4, -0.2) is 41.8 Å². The second-order valence-electron chi connectivity index (χ2n) is 6.19. The number of benzene rings is 1. The van der Waals surface area contributed by atoms with Gasteiger partial charge in [-0.05, 0) is 45.0 Å². The van der Waals surface area contributed by atoms with E-state index in [1.807, 2.05) is 32.9 Å². The number of hydrogen-bond acceptors (Lipinski definition) is 3. The van der Waals surface area contributed by atoms with E-state index in [1.54, 1.807) is 17.0 Å². The normalized spacial score (nSPS) is 15.0. The van der Waals surface area contributed by atoms with E-state index in [0.29, 0.717) is 18.8 Å². The Labute approximate surface area is 138 Å². The summed E-state index contributed by atoms with van der Waals surface area (Å²) in [5.74, 6) is 0. The fourth-order valence-electron chi connectivity index (χ4n) is 1.93. The van der Waals surface area contributed by atoms with Gasteiger partial charge >= 0.3 is 12.1 Å². The summed E-state index contributed by atoms with van der Waals surface area (Å²) >= 11 is 3.34. The summed E-state index contributed by atoms with van der Waals surface area (Å²) in [4.78, 5) is 25.2. The van der Waals surface area contributed by atoms with Gasteiger partial charge in [0.1, 0.15) is 5.60 Å². The molecular weight excluding hydrogens is 350 g/mol. The summed E-state index contributed by atoms with van der Waals surface area (Å²) in [5, 5.41) is 5.56. The van der Waals surface area contributed by atoms with Gasteiger partial charge in [-0.15, -0.1) is 0 Å². The van der Waals surface area contributed by atoms with E-state index in [1.165, 1.54) is 0 Å². The Kier molecular flexibility index (Phi) is 4.95. The van der Waals surface area contributed by atoms with E-state index >= 15 is 0 Å². The molecule has 0 aromatic heterocycles. The molecule has 0 unspecified atom stereocenters. The lowest BCUT2D eigenvalue weighted by Gasteiger charge is -2.39. The van der Waals surface area contributed by atoms with Crippen molar-refractivity contribution in [1.82, 2.24) is 10.2 Å². The molecule has 1 heterocycles. The average Bonchev–Trinajstić information content (AvgIpc) is 2.34. The smallest absolute Gasteiger partial charge is 0.410 e. The Bertz CT molecular complexity index is 548. The van der Waals surface area contributed by atoms with Crippen molar-refractivity contribution in [2.75, 3.05) is 18.4 Å². The van der Waals surface area contributed by atoms with Gasteiger partial charge in [0.05, 0.1) is 6.04 Å². The lowest BCUT2D eigenvalue weighted by Crippen LogP contribution is -2.62. The number of ether oxygens (including phenoxy) is 1. The van der Waals surface area contributed by atoms with Crippen LogP contribution in [-0.2, 0) is 4.74 Å². The van der Waals surface area contributed by atoms with E-state index < -0.39 is 5.60 Å². The Balaban J connectivity index is 1.72. The van der Waals surface area contributed by atoms with E-state index in [-0.39, 0.29) is 18.2 Å². The number of anilines is 1. The van der Waals surface area contributed by atoms with Gasteiger partial charge in [-0.2, -0.15) is 0 Å². The van der Waals surface area contributed by atoms with Crippen LogP contribution in [0.1, 0.15) is 20.8 Å². The van der Waals surface area contributed by atoms with Gasteiger partial charge in [0.15, 0.2) is 0 Å². The highest BCUT2D eigenvalue weighted by Crippen LogP contribution is 2.16. The average molecular weight is 370 g/mol. The van der Waals surface area contributed by atoms with Gasteiger partial charge in [-0.25, -0.2) is 9.59 Å². The number of nitrogens with zero attached hydrogens (tertiary/aromatic N) is 1. The predicted octanol–water partition coefficient (Wildman–Crippen LogP) is 3.19. The second kappa shape index (κ2) is 6.56. The molecule has 0 bridgehead atoms. The first-order valence-electron chi connectivity index (χ1n) is 7.04. The molecule has 1 aliphatic heterocycles. The summed E-state index contributed by atoms with van der Waals surface area (Å²) in [6, 6.07) is 6.97. The Hall–Kier alpha value is -1.76. The molecule has 1 fully saturated rings. The van der Waals surface area contributed by atoms with Crippen LogP contribution in [0.3, 0.4) is 0 Å². The molecule has 120 valence electrons. The number of rotatable bonds is 2. The molecule has 0 radical (unpaired) electrons. The highest BCUT2D eigenvalue weighted by atomic mass is 79.9. The molecule has 0 aliphatic carbocycles. The molecule has 0 atom stereocenters. The fourth-order valence-corrected chi connectivity index (χ4v) is 2.20. The van der Waals surface area contributed by atoms with Crippen molar-refractivity contribution in [3.05, 3.63) is 28.7 Å². The van der Waals surface area contributed by atoms with Gasteiger partial charge in [-0.1, -0.05) is 15.9 Å². The van der Waals surface area contributed by atoms with Crippen molar-refractivity contribution in [3.8, 4) is 0 Å². The maximum absolute atomic E-state index is 11.8. The van der Waals surface area contributed by atoms with Crippen LogP contribution in [0.15, 0.2) is 28.7 Å². The molecule has 0 spiro atoms. The van der Waals surface area contributed by atoms with E-state index in [9.17, 15) is 9.59 Å². The summed E-state index contributed by atoms with van der Waals surface area (Å²) in [5.41, 5.74) is 0.207. The zero-order chi connectivity index (χ0) is 16.3. The molecule has 6 nitrogen and oxygen atoms in total. The molecule has 22 heavy (non-hydrogen) atoms. The minimum Gasteiger partial charge on any atom is -0.444 e. The van der Waals surface area contributed by atoms with Crippen molar-refractivity contribution in [1.29, 1.82) is 0 Å². The van der Waals surface area contributed by atoms with Crippen molar-refractivity contribution in [2.24, 2.45) is 0 Å². The third-order valence-electron chi connectivity index (χ3n) is 2.97. The number of carbonyl (C=O) groups excluding carboxylic acids is 2. The Morgan fingerprint density at radius 2 is 1.82 bits per heavy atom. The van der Waals surface area contributed by atoms with Crippen molar-refractivity contribution in [3.63, 3.8) is 0 Å². The van der Waals surface area contributed by atoms with Crippen molar-refractivity contribution < 1.29 is 14.3 Å². The number of amides is 3. The first-order chi connectivity index (χ1) is 10.2. The van der Waals surface area contributed by atoms with E-state index in [0.717, 1.165) is 4.47 Å². The summed E-state index contributed by atoms with van der Waals surface area (Å²) < 4.78 is 6.21. The quantitative estimate of drug-likeness (QED) is 0.840. The van der Waals surface area contributed by atoms with Crippen LogP contribution >= 0.6 is 15.9 Å². The standard InChI is InChI=1S/C15H20BrN3O3/c1-15(2,3)22-14(21)19-8-12(9-19)18-13(20)17-11-6-4-10(16)5-7-11/h4-7,12H,8-9H2,1-3H3,(H2,17,18,20). The number of hydrogen-bond donors (Lipinski definition) is 2. The molecule has 1 aliphatic rings. The monoisotopic (exact) mass is 369 g/mol. The van der Waals surface area contributed by atoms with Gasteiger partial charge < -0.3 is 20.3 Å². The van der Waals surface area contributed by atoms with Crippen LogP contribution in [0.5, 0.6) is 0 Å². The number of halogens is 1. The zero-order valence-corrected chi connectivity index (χ0v) is 14.4. The molecule has 1 saturated heterocycles. The Morgan fingerprint density at radius 1 is 1.23 bits per heavy atom. The number of likely N-dealkylation sites (tertiary alicyclic amines) is 1. The largest absolute Gasteiger partial charge is 0.444 e. The second-order valence-corrected chi connectivity index (χ2v) is 7.10. The summed E-state index contributed by atoms with van der Waals surface area (Å²) in [6.07, 6.45) is -0.348.